The van der Waals surface area contributed by atoms with Gasteiger partial charge in [0.2, 0.25) is 0 Å². The molecule has 4 rings (SSSR count). The second kappa shape index (κ2) is 7.46. The van der Waals surface area contributed by atoms with Gasteiger partial charge in [0.15, 0.2) is 17.9 Å². The molecule has 8 heteroatoms. The van der Waals surface area contributed by atoms with Crippen molar-refractivity contribution in [2.24, 2.45) is 0 Å². The lowest BCUT2D eigenvalue weighted by atomic mass is 10.0. The van der Waals surface area contributed by atoms with E-state index in [0.717, 1.165) is 46.9 Å². The molecule has 2 N–H and O–H groups in total. The van der Waals surface area contributed by atoms with Crippen LogP contribution < -0.4 is 15.4 Å². The molecule has 1 amide bonds. The van der Waals surface area contributed by atoms with Crippen molar-refractivity contribution >= 4 is 17.4 Å². The number of hydrogen-bond donors (Lipinski definition) is 2. The van der Waals surface area contributed by atoms with E-state index >= 15 is 0 Å². The number of aromatic nitrogens is 2. The summed E-state index contributed by atoms with van der Waals surface area (Å²) in [6, 6.07) is 7.33. The molecular weight excluding hydrogens is 378 g/mol. The van der Waals surface area contributed by atoms with E-state index < -0.39 is 23.1 Å². The van der Waals surface area contributed by atoms with Gasteiger partial charge in [0, 0.05) is 18.2 Å². The molecule has 0 saturated heterocycles. The third kappa shape index (κ3) is 3.61. The summed E-state index contributed by atoms with van der Waals surface area (Å²) in [6.07, 6.45) is 3.97. The van der Waals surface area contributed by atoms with Gasteiger partial charge in [0.25, 0.3) is 5.91 Å². The SMILES string of the molecule is CCC1Nc2cc(-c3ccc(NC(=O)c4c(F)cncc4F)nc3)c(C)cc2O1. The Morgan fingerprint density at radius 2 is 1.97 bits per heavy atom. The van der Waals surface area contributed by atoms with E-state index in [4.69, 9.17) is 4.74 Å². The van der Waals surface area contributed by atoms with Crippen LogP contribution in [0.15, 0.2) is 42.9 Å². The zero-order valence-corrected chi connectivity index (χ0v) is 15.8. The lowest BCUT2D eigenvalue weighted by Crippen LogP contribution is -2.17. The van der Waals surface area contributed by atoms with Gasteiger partial charge in [-0.2, -0.15) is 0 Å². The molecule has 0 radical (unpaired) electrons. The minimum Gasteiger partial charge on any atom is -0.469 e. The van der Waals surface area contributed by atoms with Gasteiger partial charge in [-0.05, 0) is 42.3 Å². The predicted octanol–water partition coefficient (Wildman–Crippen LogP) is 4.52. The maximum atomic E-state index is 13.7. The highest BCUT2D eigenvalue weighted by atomic mass is 19.1. The summed E-state index contributed by atoms with van der Waals surface area (Å²) in [4.78, 5) is 19.7. The Bertz CT molecular complexity index is 1070. The molecule has 1 aromatic carbocycles. The fourth-order valence-electron chi connectivity index (χ4n) is 3.18. The Balaban J connectivity index is 1.56. The van der Waals surface area contributed by atoms with Crippen molar-refractivity contribution in [1.29, 1.82) is 0 Å². The molecule has 0 saturated carbocycles. The van der Waals surface area contributed by atoms with Crippen molar-refractivity contribution in [3.05, 3.63) is 65.6 Å². The van der Waals surface area contributed by atoms with Crippen LogP contribution in [0.1, 0.15) is 29.3 Å². The molecule has 1 atom stereocenters. The van der Waals surface area contributed by atoms with Gasteiger partial charge >= 0.3 is 0 Å². The maximum absolute atomic E-state index is 13.7. The fraction of sp³-hybridized carbons (Fsp3) is 0.190. The van der Waals surface area contributed by atoms with Crippen LogP contribution in [0.4, 0.5) is 20.3 Å². The summed E-state index contributed by atoms with van der Waals surface area (Å²) in [5.41, 5.74) is 3.04. The third-order valence-corrected chi connectivity index (χ3v) is 4.68. The van der Waals surface area contributed by atoms with Crippen molar-refractivity contribution in [3.8, 4) is 16.9 Å². The lowest BCUT2D eigenvalue weighted by molar-refractivity contribution is 0.101. The summed E-state index contributed by atoms with van der Waals surface area (Å²) >= 11 is 0. The molecule has 0 bridgehead atoms. The van der Waals surface area contributed by atoms with E-state index in [1.807, 2.05) is 26.0 Å². The molecular formula is C21H18F2N4O2. The topological polar surface area (TPSA) is 76.1 Å². The number of anilines is 2. The molecule has 1 unspecified atom stereocenters. The monoisotopic (exact) mass is 396 g/mol. The van der Waals surface area contributed by atoms with Gasteiger partial charge in [-0.3, -0.25) is 9.78 Å². The highest BCUT2D eigenvalue weighted by Gasteiger charge is 2.22. The van der Waals surface area contributed by atoms with Crippen molar-refractivity contribution < 1.29 is 18.3 Å². The molecule has 6 nitrogen and oxygen atoms in total. The molecule has 2 aromatic heterocycles. The van der Waals surface area contributed by atoms with Crippen LogP contribution in [0.3, 0.4) is 0 Å². The van der Waals surface area contributed by atoms with E-state index in [1.54, 1.807) is 18.3 Å². The number of nitrogens with one attached hydrogen (secondary N) is 2. The van der Waals surface area contributed by atoms with Crippen molar-refractivity contribution in [1.82, 2.24) is 9.97 Å². The first-order chi connectivity index (χ1) is 14.0. The van der Waals surface area contributed by atoms with Crippen LogP contribution in [-0.4, -0.2) is 22.1 Å². The minimum absolute atomic E-state index is 0.0376. The quantitative estimate of drug-likeness (QED) is 0.678. The Morgan fingerprint density at radius 1 is 1.21 bits per heavy atom. The number of ether oxygens (including phenoxy) is 1. The van der Waals surface area contributed by atoms with Gasteiger partial charge < -0.3 is 15.4 Å². The average molecular weight is 396 g/mol. The van der Waals surface area contributed by atoms with E-state index in [9.17, 15) is 13.6 Å². The van der Waals surface area contributed by atoms with Crippen molar-refractivity contribution in [2.45, 2.75) is 26.5 Å². The highest BCUT2D eigenvalue weighted by molar-refractivity contribution is 6.04. The number of pyridine rings is 2. The van der Waals surface area contributed by atoms with Crippen molar-refractivity contribution in [3.63, 3.8) is 0 Å². The molecule has 1 aliphatic rings. The summed E-state index contributed by atoms with van der Waals surface area (Å²) in [5, 5.41) is 5.71. The first-order valence-corrected chi connectivity index (χ1v) is 9.11. The predicted molar refractivity (Wildman–Crippen MR) is 105 cm³/mol. The van der Waals surface area contributed by atoms with Crippen LogP contribution in [-0.2, 0) is 0 Å². The van der Waals surface area contributed by atoms with Crippen LogP contribution in [0.2, 0.25) is 0 Å². The number of carbonyl (C=O) groups excluding carboxylic acids is 1. The second-order valence-corrected chi connectivity index (χ2v) is 6.69. The molecule has 3 heterocycles. The van der Waals surface area contributed by atoms with Gasteiger partial charge in [0.1, 0.15) is 17.1 Å². The van der Waals surface area contributed by atoms with Gasteiger partial charge in [-0.15, -0.1) is 0 Å². The molecule has 1 aliphatic heterocycles. The van der Waals surface area contributed by atoms with Crippen LogP contribution in [0, 0.1) is 18.6 Å². The molecule has 29 heavy (non-hydrogen) atoms. The van der Waals surface area contributed by atoms with Crippen molar-refractivity contribution in [2.75, 3.05) is 10.6 Å². The number of hydrogen-bond acceptors (Lipinski definition) is 5. The Hall–Kier alpha value is -3.55. The summed E-state index contributed by atoms with van der Waals surface area (Å²) in [5.74, 6) is -2.00. The van der Waals surface area contributed by atoms with E-state index in [2.05, 4.69) is 20.6 Å². The molecule has 0 spiro atoms. The summed E-state index contributed by atoms with van der Waals surface area (Å²) < 4.78 is 33.2. The van der Waals surface area contributed by atoms with E-state index in [0.29, 0.717) is 0 Å². The molecule has 3 aromatic rings. The number of halogens is 2. The smallest absolute Gasteiger partial charge is 0.262 e. The maximum Gasteiger partial charge on any atom is 0.262 e. The van der Waals surface area contributed by atoms with Gasteiger partial charge in [0.05, 0.1) is 18.1 Å². The Labute approximate surface area is 166 Å². The Kier molecular flexibility index (Phi) is 4.84. The summed E-state index contributed by atoms with van der Waals surface area (Å²) in [6.45, 7) is 4.01. The first kappa shape index (κ1) is 18.8. The third-order valence-electron chi connectivity index (χ3n) is 4.68. The number of fused-ring (bicyclic) bond motifs is 1. The average Bonchev–Trinajstić information content (AvgIpc) is 3.10. The zero-order valence-electron chi connectivity index (χ0n) is 15.8. The largest absolute Gasteiger partial charge is 0.469 e. The lowest BCUT2D eigenvalue weighted by Gasteiger charge is -2.10. The number of carbonyl (C=O) groups is 1. The van der Waals surface area contributed by atoms with E-state index in [1.165, 1.54) is 0 Å². The number of rotatable bonds is 4. The van der Waals surface area contributed by atoms with Gasteiger partial charge in [-0.25, -0.2) is 13.8 Å². The number of aryl methyl sites for hydroxylation is 1. The normalized spacial score (nSPS) is 14.7. The zero-order chi connectivity index (χ0) is 20.5. The highest BCUT2D eigenvalue weighted by Crippen LogP contribution is 2.38. The number of amides is 1. The molecule has 148 valence electrons. The minimum atomic E-state index is -1.03. The standard InChI is InChI=1S/C21H18F2N4O2/c1-3-19-26-16-7-13(11(2)6-17(16)29-19)12-4-5-18(25-8-12)27-21(28)20-14(22)9-24-10-15(20)23/h4-10,19,26H,3H2,1-2H3,(H,25,27,28). The molecule has 0 fully saturated rings. The summed E-state index contributed by atoms with van der Waals surface area (Å²) in [7, 11) is 0. The molecule has 0 aliphatic carbocycles. The number of benzene rings is 1. The van der Waals surface area contributed by atoms with E-state index in [-0.39, 0.29) is 12.0 Å². The second-order valence-electron chi connectivity index (χ2n) is 6.69. The first-order valence-electron chi connectivity index (χ1n) is 9.11. The Morgan fingerprint density at radius 3 is 2.62 bits per heavy atom. The van der Waals surface area contributed by atoms with Gasteiger partial charge in [-0.1, -0.05) is 6.92 Å². The van der Waals surface area contributed by atoms with Crippen LogP contribution in [0.25, 0.3) is 11.1 Å². The fourth-order valence-corrected chi connectivity index (χ4v) is 3.18. The van der Waals surface area contributed by atoms with Crippen LogP contribution >= 0.6 is 0 Å². The van der Waals surface area contributed by atoms with Crippen LogP contribution in [0.5, 0.6) is 5.75 Å². The number of nitrogens with zero attached hydrogens (tertiary/aromatic N) is 2.